The standard InChI is InChI=1S/C22H29N5O2/c1-14-5-6-19-17(10-14)20(25-29-19)22(28)27-8-3-4-15(13-27)21-23-11-16-12-26(2)9-7-18(16)24-21/h11,14-15H,3-10,12-13H2,1-2H3/t14-,15+/m0/s1. The second-order valence-corrected chi connectivity index (χ2v) is 9.06. The van der Waals surface area contributed by atoms with Crippen molar-refractivity contribution in [3.8, 4) is 0 Å². The largest absolute Gasteiger partial charge is 0.360 e. The molecule has 5 rings (SSSR count). The minimum atomic E-state index is 0.00776. The van der Waals surface area contributed by atoms with E-state index in [4.69, 9.17) is 9.51 Å². The van der Waals surface area contributed by atoms with Crippen LogP contribution in [0.4, 0.5) is 0 Å². The number of fused-ring (bicyclic) bond motifs is 2. The summed E-state index contributed by atoms with van der Waals surface area (Å²) in [6.07, 6.45) is 7.83. The van der Waals surface area contributed by atoms with Gasteiger partial charge in [0, 0.05) is 68.0 Å². The maximum atomic E-state index is 13.2. The van der Waals surface area contributed by atoms with Crippen LogP contribution in [0.15, 0.2) is 10.7 Å². The van der Waals surface area contributed by atoms with Gasteiger partial charge in [-0.3, -0.25) is 4.79 Å². The number of aryl methyl sites for hydroxylation is 1. The number of carbonyl (C=O) groups is 1. The van der Waals surface area contributed by atoms with Gasteiger partial charge < -0.3 is 14.3 Å². The highest BCUT2D eigenvalue weighted by atomic mass is 16.5. The Kier molecular flexibility index (Phi) is 4.86. The number of nitrogens with zero attached hydrogens (tertiary/aromatic N) is 5. The second kappa shape index (κ2) is 7.52. The summed E-state index contributed by atoms with van der Waals surface area (Å²) < 4.78 is 5.50. The summed E-state index contributed by atoms with van der Waals surface area (Å²) in [5.74, 6) is 2.57. The van der Waals surface area contributed by atoms with Crippen LogP contribution in [-0.4, -0.2) is 57.5 Å². The van der Waals surface area contributed by atoms with Gasteiger partial charge in [-0.2, -0.15) is 0 Å². The maximum absolute atomic E-state index is 13.2. The molecule has 2 aromatic heterocycles. The zero-order chi connectivity index (χ0) is 20.0. The van der Waals surface area contributed by atoms with Crippen LogP contribution in [0.3, 0.4) is 0 Å². The summed E-state index contributed by atoms with van der Waals surface area (Å²) in [5, 5.41) is 4.17. The van der Waals surface area contributed by atoms with Gasteiger partial charge in [0.05, 0.1) is 0 Å². The number of hydrogen-bond acceptors (Lipinski definition) is 6. The van der Waals surface area contributed by atoms with Crippen LogP contribution < -0.4 is 0 Å². The van der Waals surface area contributed by atoms with Crippen LogP contribution in [0.1, 0.15) is 71.0 Å². The Bertz CT molecular complexity index is 924. The van der Waals surface area contributed by atoms with Crippen molar-refractivity contribution in [2.75, 3.05) is 26.7 Å². The van der Waals surface area contributed by atoms with Crippen LogP contribution in [0.2, 0.25) is 0 Å². The van der Waals surface area contributed by atoms with Gasteiger partial charge in [0.2, 0.25) is 0 Å². The summed E-state index contributed by atoms with van der Waals surface area (Å²) >= 11 is 0. The molecule has 1 amide bonds. The Morgan fingerprint density at radius 2 is 2.14 bits per heavy atom. The average Bonchev–Trinajstić information content (AvgIpc) is 3.16. The van der Waals surface area contributed by atoms with E-state index in [0.29, 0.717) is 18.2 Å². The third-order valence-corrected chi connectivity index (χ3v) is 6.71. The minimum absolute atomic E-state index is 0.00776. The first kappa shape index (κ1) is 18.7. The van der Waals surface area contributed by atoms with Gasteiger partial charge >= 0.3 is 0 Å². The molecule has 7 nitrogen and oxygen atoms in total. The molecule has 29 heavy (non-hydrogen) atoms. The normalized spacial score (nSPS) is 24.8. The van der Waals surface area contributed by atoms with Crippen LogP contribution in [0.5, 0.6) is 0 Å². The number of aromatic nitrogens is 3. The highest BCUT2D eigenvalue weighted by molar-refractivity contribution is 5.94. The predicted molar refractivity (Wildman–Crippen MR) is 108 cm³/mol. The molecule has 2 aromatic rings. The van der Waals surface area contributed by atoms with Gasteiger partial charge in [0.1, 0.15) is 11.6 Å². The van der Waals surface area contributed by atoms with Gasteiger partial charge in [-0.05, 0) is 38.6 Å². The smallest absolute Gasteiger partial charge is 0.276 e. The summed E-state index contributed by atoms with van der Waals surface area (Å²) in [6, 6.07) is 0. The first-order valence-corrected chi connectivity index (χ1v) is 10.9. The van der Waals surface area contributed by atoms with E-state index in [2.05, 4.69) is 29.0 Å². The van der Waals surface area contributed by atoms with Crippen LogP contribution in [-0.2, 0) is 25.8 Å². The van der Waals surface area contributed by atoms with Gasteiger partial charge in [-0.15, -0.1) is 0 Å². The minimum Gasteiger partial charge on any atom is -0.360 e. The van der Waals surface area contributed by atoms with Crippen LogP contribution >= 0.6 is 0 Å². The molecule has 0 aromatic carbocycles. The molecule has 1 fully saturated rings. The van der Waals surface area contributed by atoms with Gasteiger partial charge in [0.25, 0.3) is 5.91 Å². The molecule has 2 atom stereocenters. The molecule has 154 valence electrons. The summed E-state index contributed by atoms with van der Waals surface area (Å²) in [4.78, 5) is 27.0. The van der Waals surface area contributed by atoms with Crippen molar-refractivity contribution in [2.45, 2.75) is 57.9 Å². The van der Waals surface area contributed by atoms with Crippen molar-refractivity contribution in [3.05, 3.63) is 40.3 Å². The molecule has 3 aliphatic rings. The fourth-order valence-corrected chi connectivity index (χ4v) is 4.94. The monoisotopic (exact) mass is 395 g/mol. The zero-order valence-electron chi connectivity index (χ0n) is 17.4. The molecule has 0 saturated carbocycles. The van der Waals surface area contributed by atoms with Crippen molar-refractivity contribution in [1.29, 1.82) is 0 Å². The van der Waals surface area contributed by atoms with E-state index in [1.807, 2.05) is 11.1 Å². The third-order valence-electron chi connectivity index (χ3n) is 6.71. The van der Waals surface area contributed by atoms with E-state index < -0.39 is 0 Å². The molecule has 0 unspecified atom stereocenters. The van der Waals surface area contributed by atoms with Crippen LogP contribution in [0, 0.1) is 5.92 Å². The summed E-state index contributed by atoms with van der Waals surface area (Å²) in [6.45, 7) is 5.61. The average molecular weight is 396 g/mol. The molecular weight excluding hydrogens is 366 g/mol. The number of hydrogen-bond donors (Lipinski definition) is 0. The number of carbonyl (C=O) groups excluding carboxylic acids is 1. The SMILES string of the molecule is C[C@H]1CCc2onc(C(=O)N3CCC[C@@H](c4ncc5c(n4)CCN(C)C5)C3)c2C1. The van der Waals surface area contributed by atoms with Gasteiger partial charge in [-0.1, -0.05) is 12.1 Å². The first-order valence-electron chi connectivity index (χ1n) is 10.9. The molecule has 1 saturated heterocycles. The number of likely N-dealkylation sites (N-methyl/N-ethyl adjacent to an activating group) is 1. The fourth-order valence-electron chi connectivity index (χ4n) is 4.94. The van der Waals surface area contributed by atoms with E-state index in [9.17, 15) is 4.79 Å². The van der Waals surface area contributed by atoms with E-state index in [1.54, 1.807) is 0 Å². The lowest BCUT2D eigenvalue weighted by atomic mass is 9.88. The lowest BCUT2D eigenvalue weighted by Gasteiger charge is -2.32. The molecule has 1 aliphatic carbocycles. The lowest BCUT2D eigenvalue weighted by molar-refractivity contribution is 0.0692. The van der Waals surface area contributed by atoms with Crippen LogP contribution in [0.25, 0.3) is 0 Å². The zero-order valence-corrected chi connectivity index (χ0v) is 17.4. The van der Waals surface area contributed by atoms with Gasteiger partial charge in [-0.25, -0.2) is 9.97 Å². The number of amides is 1. The Morgan fingerprint density at radius 3 is 3.03 bits per heavy atom. The Morgan fingerprint density at radius 1 is 1.24 bits per heavy atom. The molecular formula is C22H29N5O2. The number of likely N-dealkylation sites (tertiary alicyclic amines) is 1. The second-order valence-electron chi connectivity index (χ2n) is 9.06. The quantitative estimate of drug-likeness (QED) is 0.778. The van der Waals surface area contributed by atoms with E-state index in [0.717, 1.165) is 75.3 Å². The van der Waals surface area contributed by atoms with E-state index >= 15 is 0 Å². The highest BCUT2D eigenvalue weighted by Gasteiger charge is 2.33. The highest BCUT2D eigenvalue weighted by Crippen LogP contribution is 2.31. The van der Waals surface area contributed by atoms with Crippen molar-refractivity contribution >= 4 is 5.91 Å². The molecule has 0 bridgehead atoms. The van der Waals surface area contributed by atoms with Gasteiger partial charge in [0.15, 0.2) is 5.69 Å². The number of rotatable bonds is 2. The van der Waals surface area contributed by atoms with Crippen molar-refractivity contribution in [1.82, 2.24) is 24.9 Å². The predicted octanol–water partition coefficient (Wildman–Crippen LogP) is 2.60. The summed E-state index contributed by atoms with van der Waals surface area (Å²) in [7, 11) is 2.13. The lowest BCUT2D eigenvalue weighted by Crippen LogP contribution is -2.40. The first-order chi connectivity index (χ1) is 14.1. The van der Waals surface area contributed by atoms with E-state index in [1.165, 1.54) is 11.3 Å². The fraction of sp³-hybridized carbons (Fsp3) is 0.636. The molecule has 4 heterocycles. The Balaban J connectivity index is 1.34. The molecule has 2 aliphatic heterocycles. The Labute approximate surface area is 171 Å². The molecule has 0 N–H and O–H groups in total. The maximum Gasteiger partial charge on any atom is 0.276 e. The molecule has 7 heteroatoms. The molecule has 0 radical (unpaired) electrons. The summed E-state index contributed by atoms with van der Waals surface area (Å²) in [5.41, 5.74) is 3.97. The topological polar surface area (TPSA) is 75.4 Å². The van der Waals surface area contributed by atoms with Crippen molar-refractivity contribution in [2.24, 2.45) is 5.92 Å². The third kappa shape index (κ3) is 3.56. The van der Waals surface area contributed by atoms with Crippen molar-refractivity contribution in [3.63, 3.8) is 0 Å². The van der Waals surface area contributed by atoms with E-state index in [-0.39, 0.29) is 11.8 Å². The van der Waals surface area contributed by atoms with Crippen molar-refractivity contribution < 1.29 is 9.32 Å². The number of piperidine rings is 1. The molecule has 0 spiro atoms. The Hall–Kier alpha value is -2.28.